The molecule has 1 fully saturated rings. The number of hydrogen-bond donors (Lipinski definition) is 3. The number of nitrogens with one attached hydrogen (secondary N) is 1. The highest BCUT2D eigenvalue weighted by Crippen LogP contribution is 2.27. The number of carboxylic acids is 1. The van der Waals surface area contributed by atoms with E-state index in [4.69, 9.17) is 0 Å². The smallest absolute Gasteiger partial charge is 0.322 e. The van der Waals surface area contributed by atoms with Gasteiger partial charge in [0.05, 0.1) is 0 Å². The first-order valence-corrected chi connectivity index (χ1v) is 6.18. The molecule has 0 saturated carbocycles. The molecule has 0 amide bonds. The molecule has 0 spiro atoms. The van der Waals surface area contributed by atoms with E-state index in [2.05, 4.69) is 5.32 Å². The van der Waals surface area contributed by atoms with Crippen LogP contribution in [0.4, 0.5) is 4.39 Å². The number of halogens is 1. The highest BCUT2D eigenvalue weighted by molar-refractivity contribution is 5.74. The molecule has 1 aromatic carbocycles. The normalized spacial score (nSPS) is 22.1. The molecule has 104 valence electrons. The molecule has 1 aliphatic rings. The zero-order chi connectivity index (χ0) is 14.0. The molecule has 3 N–H and O–H groups in total. The van der Waals surface area contributed by atoms with E-state index < -0.39 is 17.8 Å². The topological polar surface area (TPSA) is 72.8 Å². The Kier molecular flexibility index (Phi) is 4.01. The molecule has 1 aliphatic heterocycles. The van der Waals surface area contributed by atoms with Crippen molar-refractivity contribution in [1.82, 2.24) is 10.2 Å². The number of carbonyl (C=O) groups is 1. The molecule has 2 rings (SSSR count). The molecule has 0 aromatic heterocycles. The van der Waals surface area contributed by atoms with Gasteiger partial charge in [0.2, 0.25) is 0 Å². The molecule has 2 unspecified atom stereocenters. The molecular weight excluding hydrogens is 251 g/mol. The largest absolute Gasteiger partial charge is 0.508 e. The lowest BCUT2D eigenvalue weighted by atomic mass is 10.0. The van der Waals surface area contributed by atoms with Gasteiger partial charge in [0.25, 0.3) is 0 Å². The molecule has 6 heteroatoms. The van der Waals surface area contributed by atoms with Gasteiger partial charge >= 0.3 is 5.97 Å². The molecule has 1 saturated heterocycles. The molecule has 0 aliphatic carbocycles. The number of benzene rings is 1. The van der Waals surface area contributed by atoms with E-state index in [9.17, 15) is 19.4 Å². The monoisotopic (exact) mass is 268 g/mol. The van der Waals surface area contributed by atoms with Crippen LogP contribution in [-0.2, 0) is 4.79 Å². The standard InChI is InChI=1S/C13H17FN2O3/c1-8(10-3-2-9(17)6-11(10)14)16-5-4-15-7-12(16)13(18)19/h2-3,6,8,12,15,17H,4-5,7H2,1H3,(H,18,19). The van der Waals surface area contributed by atoms with E-state index in [-0.39, 0.29) is 11.8 Å². The molecule has 5 nitrogen and oxygen atoms in total. The summed E-state index contributed by atoms with van der Waals surface area (Å²) in [5.41, 5.74) is 0.394. The Hall–Kier alpha value is -1.66. The van der Waals surface area contributed by atoms with Crippen LogP contribution in [0.2, 0.25) is 0 Å². The zero-order valence-corrected chi connectivity index (χ0v) is 10.6. The summed E-state index contributed by atoms with van der Waals surface area (Å²) in [5.74, 6) is -1.57. The van der Waals surface area contributed by atoms with Crippen molar-refractivity contribution in [2.75, 3.05) is 19.6 Å². The summed E-state index contributed by atoms with van der Waals surface area (Å²) in [6.07, 6.45) is 0. The SMILES string of the molecule is CC(c1ccc(O)cc1F)N1CCNCC1C(=O)O. The van der Waals surface area contributed by atoms with Crippen molar-refractivity contribution < 1.29 is 19.4 Å². The van der Waals surface area contributed by atoms with Gasteiger partial charge in [-0.1, -0.05) is 6.07 Å². The van der Waals surface area contributed by atoms with Crippen molar-refractivity contribution in [2.24, 2.45) is 0 Å². The van der Waals surface area contributed by atoms with E-state index >= 15 is 0 Å². The lowest BCUT2D eigenvalue weighted by Gasteiger charge is -2.38. The van der Waals surface area contributed by atoms with Gasteiger partial charge in [-0.05, 0) is 13.0 Å². The van der Waals surface area contributed by atoms with Gasteiger partial charge in [-0.3, -0.25) is 9.69 Å². The number of aromatic hydroxyl groups is 1. The summed E-state index contributed by atoms with van der Waals surface area (Å²) in [7, 11) is 0. The Bertz CT molecular complexity index is 481. The summed E-state index contributed by atoms with van der Waals surface area (Å²) < 4.78 is 13.8. The average molecular weight is 268 g/mol. The number of nitrogens with zero attached hydrogens (tertiary/aromatic N) is 1. The third kappa shape index (κ3) is 2.85. The van der Waals surface area contributed by atoms with E-state index in [1.54, 1.807) is 11.8 Å². The average Bonchev–Trinajstić information content (AvgIpc) is 2.38. The summed E-state index contributed by atoms with van der Waals surface area (Å²) in [5, 5.41) is 21.4. The minimum Gasteiger partial charge on any atom is -0.508 e. The van der Waals surface area contributed by atoms with Crippen LogP contribution < -0.4 is 5.32 Å². The van der Waals surface area contributed by atoms with E-state index in [1.165, 1.54) is 12.1 Å². The van der Waals surface area contributed by atoms with Crippen LogP contribution in [0, 0.1) is 5.82 Å². The van der Waals surface area contributed by atoms with Crippen molar-refractivity contribution >= 4 is 5.97 Å². The minimum absolute atomic E-state index is 0.136. The van der Waals surface area contributed by atoms with Gasteiger partial charge in [0.15, 0.2) is 0 Å². The first kappa shape index (κ1) is 13.8. The fourth-order valence-corrected chi connectivity index (χ4v) is 2.45. The minimum atomic E-state index is -0.918. The van der Waals surface area contributed by atoms with Gasteiger partial charge in [-0.15, -0.1) is 0 Å². The lowest BCUT2D eigenvalue weighted by molar-refractivity contribution is -0.145. The van der Waals surface area contributed by atoms with Crippen LogP contribution in [0.5, 0.6) is 5.75 Å². The van der Waals surface area contributed by atoms with Crippen LogP contribution >= 0.6 is 0 Å². The summed E-state index contributed by atoms with van der Waals surface area (Å²) >= 11 is 0. The van der Waals surface area contributed by atoms with Gasteiger partial charge in [0.1, 0.15) is 17.6 Å². The van der Waals surface area contributed by atoms with Crippen LogP contribution in [-0.4, -0.2) is 46.8 Å². The van der Waals surface area contributed by atoms with Crippen molar-refractivity contribution in [3.8, 4) is 5.75 Å². The maximum atomic E-state index is 13.8. The van der Waals surface area contributed by atoms with E-state index in [1.807, 2.05) is 0 Å². The number of rotatable bonds is 3. The third-order valence-corrected chi connectivity index (χ3v) is 3.50. The van der Waals surface area contributed by atoms with Gasteiger partial charge in [-0.25, -0.2) is 4.39 Å². The highest BCUT2D eigenvalue weighted by Gasteiger charge is 2.33. The number of phenolic OH excluding ortho intramolecular Hbond substituents is 1. The quantitative estimate of drug-likeness (QED) is 0.761. The predicted molar refractivity (Wildman–Crippen MR) is 67.5 cm³/mol. The second kappa shape index (κ2) is 5.54. The van der Waals surface area contributed by atoms with Gasteiger partial charge in [0, 0.05) is 37.3 Å². The van der Waals surface area contributed by atoms with Crippen LogP contribution in [0.25, 0.3) is 0 Å². The van der Waals surface area contributed by atoms with E-state index in [0.717, 1.165) is 6.07 Å². The molecular formula is C13H17FN2O3. The zero-order valence-electron chi connectivity index (χ0n) is 10.6. The summed E-state index contributed by atoms with van der Waals surface area (Å²) in [6.45, 7) is 3.34. The first-order chi connectivity index (χ1) is 9.00. The first-order valence-electron chi connectivity index (χ1n) is 6.18. The highest BCUT2D eigenvalue weighted by atomic mass is 19.1. The Labute approximate surface area is 110 Å². The van der Waals surface area contributed by atoms with Crippen molar-refractivity contribution in [3.05, 3.63) is 29.6 Å². The Morgan fingerprint density at radius 3 is 2.95 bits per heavy atom. The lowest BCUT2D eigenvalue weighted by Crippen LogP contribution is -2.55. The molecule has 19 heavy (non-hydrogen) atoms. The number of piperazine rings is 1. The molecule has 1 aromatic rings. The van der Waals surface area contributed by atoms with Gasteiger partial charge < -0.3 is 15.5 Å². The van der Waals surface area contributed by atoms with Crippen LogP contribution in [0.1, 0.15) is 18.5 Å². The molecule has 1 heterocycles. The van der Waals surface area contributed by atoms with Crippen LogP contribution in [0.3, 0.4) is 0 Å². The predicted octanol–water partition coefficient (Wildman–Crippen LogP) is 0.951. The second-order valence-corrected chi connectivity index (χ2v) is 4.68. The Morgan fingerprint density at radius 2 is 2.32 bits per heavy atom. The fraction of sp³-hybridized carbons (Fsp3) is 0.462. The van der Waals surface area contributed by atoms with Crippen molar-refractivity contribution in [2.45, 2.75) is 19.0 Å². The summed E-state index contributed by atoms with van der Waals surface area (Å²) in [6, 6.07) is 2.92. The molecule has 2 atom stereocenters. The van der Waals surface area contributed by atoms with Gasteiger partial charge in [-0.2, -0.15) is 0 Å². The number of carboxylic acid groups (broad SMARTS) is 1. The summed E-state index contributed by atoms with van der Waals surface area (Å²) in [4.78, 5) is 13.0. The fourth-order valence-electron chi connectivity index (χ4n) is 2.45. The molecule has 0 bridgehead atoms. The number of hydrogen-bond acceptors (Lipinski definition) is 4. The van der Waals surface area contributed by atoms with Crippen molar-refractivity contribution in [1.29, 1.82) is 0 Å². The number of aliphatic carboxylic acids is 1. The second-order valence-electron chi connectivity index (χ2n) is 4.68. The molecule has 0 radical (unpaired) electrons. The van der Waals surface area contributed by atoms with E-state index in [0.29, 0.717) is 25.2 Å². The third-order valence-electron chi connectivity index (χ3n) is 3.50. The maximum Gasteiger partial charge on any atom is 0.322 e. The Balaban J connectivity index is 2.25. The number of phenols is 1. The van der Waals surface area contributed by atoms with Crippen molar-refractivity contribution in [3.63, 3.8) is 0 Å². The van der Waals surface area contributed by atoms with Crippen LogP contribution in [0.15, 0.2) is 18.2 Å². The maximum absolute atomic E-state index is 13.8. The Morgan fingerprint density at radius 1 is 1.58 bits per heavy atom.